The van der Waals surface area contributed by atoms with Gasteiger partial charge in [0.15, 0.2) is 0 Å². The number of hydrogen-bond donors (Lipinski definition) is 12. The van der Waals surface area contributed by atoms with Crippen molar-refractivity contribution in [1.29, 1.82) is 0 Å². The highest BCUT2D eigenvalue weighted by molar-refractivity contribution is 8.77. The SMILES string of the molecule is CC(C)[C@H](NC(=O)[C@@H]1CSSC(C)(C)[C@@H](NC(=O)[C@@H](N)Cc2ccc([N+](=O)[O-])cc2)C(=O)N[C@@H](Cc2ccccc2)C(=O)N[C@H](Cc2c[nH]c3ccccc23)C(=O)N[C@@H](CCCN)C(=O)N[C@@H](Cc2ccc(O)cc2)C(=O)N1)C(=O)O. The van der Waals surface area contributed by atoms with Gasteiger partial charge in [0.05, 0.1) is 11.0 Å². The van der Waals surface area contributed by atoms with Crippen molar-refractivity contribution in [3.05, 3.63) is 142 Å². The third-order valence-electron chi connectivity index (χ3n) is 13.5. The smallest absolute Gasteiger partial charge is 0.326 e. The summed E-state index contributed by atoms with van der Waals surface area (Å²) in [5.41, 5.74) is 15.1. The van der Waals surface area contributed by atoms with Crippen LogP contribution in [0.4, 0.5) is 5.69 Å². The Bertz CT molecular complexity index is 3040. The number of aromatic nitrogens is 1. The number of nitro groups is 1. The molecule has 0 aliphatic carbocycles. The van der Waals surface area contributed by atoms with E-state index in [1.54, 1.807) is 70.3 Å². The highest BCUT2D eigenvalue weighted by Crippen LogP contribution is 2.39. The summed E-state index contributed by atoms with van der Waals surface area (Å²) in [6.45, 7) is 6.47. The lowest BCUT2D eigenvalue weighted by atomic mass is 9.98. The van der Waals surface area contributed by atoms with Gasteiger partial charge < -0.3 is 63.9 Å². The Labute approximate surface area is 475 Å². The number of phenolic OH excluding ortho intramolecular Hbond substituents is 1. The van der Waals surface area contributed by atoms with Gasteiger partial charge in [0, 0.05) is 59.0 Å². The van der Waals surface area contributed by atoms with Gasteiger partial charge in [-0.2, -0.15) is 0 Å². The summed E-state index contributed by atoms with van der Waals surface area (Å²) in [6, 6.07) is 15.8. The van der Waals surface area contributed by atoms with Gasteiger partial charge in [-0.3, -0.25) is 43.7 Å². The molecule has 81 heavy (non-hydrogen) atoms. The third-order valence-corrected chi connectivity index (χ3v) is 16.8. The standard InChI is InChI=1S/C56H69N11O12S2/c1-31(2)46(55(76)77)65-53(74)45-30-80-81-56(3,4)47(66-48(69)39(58)25-33-16-20-36(21-17-33)67(78)79)54(75)63-43(26-32-11-6-5-7-12-32)50(71)62-44(28-35-29-59-40-14-9-8-13-38(35)40)52(73)60-41(15-10-24-57)49(70)61-42(51(72)64-45)27-34-18-22-37(68)23-19-34/h5-9,11-14,16-23,29,31,39,41-47,59,68H,10,15,24-28,30,57-58H2,1-4H3,(H,60,73)(H,61,70)(H,62,71)(H,63,75)(H,64,72)(H,65,74)(H,66,69)(H,76,77)/t39-,41-,42-,43-,44+,45-,46-,47-/m0/s1. The molecule has 8 atom stereocenters. The number of carboxylic acid groups (broad SMARTS) is 1. The molecule has 0 saturated carbocycles. The first-order chi connectivity index (χ1) is 38.5. The number of fused-ring (bicyclic) bond motifs is 1. The number of non-ortho nitro benzene ring substituents is 1. The number of aromatic amines is 1. The second kappa shape index (κ2) is 28.9. The number of aromatic hydroxyl groups is 1. The summed E-state index contributed by atoms with van der Waals surface area (Å²) in [5, 5.41) is 51.4. The van der Waals surface area contributed by atoms with Crippen LogP contribution in [0, 0.1) is 16.0 Å². The van der Waals surface area contributed by atoms with Gasteiger partial charge in [0.25, 0.3) is 5.69 Å². The number of benzene rings is 4. The van der Waals surface area contributed by atoms with Crippen LogP contribution in [-0.2, 0) is 64.0 Å². The van der Waals surface area contributed by atoms with Crippen molar-refractivity contribution < 1.29 is 53.5 Å². The molecule has 0 spiro atoms. The summed E-state index contributed by atoms with van der Waals surface area (Å²) in [7, 11) is 1.99. The van der Waals surface area contributed by atoms with E-state index in [1.807, 2.05) is 18.2 Å². The average Bonchev–Trinajstić information content (AvgIpc) is 3.87. The highest BCUT2D eigenvalue weighted by atomic mass is 33.1. The zero-order valence-corrected chi connectivity index (χ0v) is 46.8. The molecule has 23 nitrogen and oxygen atoms in total. The number of carboxylic acids is 1. The molecule has 0 unspecified atom stereocenters. The van der Waals surface area contributed by atoms with Crippen LogP contribution >= 0.6 is 21.6 Å². The number of nitrogens with zero attached hydrogens (tertiary/aromatic N) is 1. The van der Waals surface area contributed by atoms with Crippen molar-refractivity contribution in [2.45, 2.75) is 119 Å². The van der Waals surface area contributed by atoms with Gasteiger partial charge in [-0.25, -0.2) is 4.79 Å². The molecule has 6 rings (SSSR count). The molecule has 1 saturated heterocycles. The second-order valence-corrected chi connectivity index (χ2v) is 23.6. The minimum absolute atomic E-state index is 0.0346. The van der Waals surface area contributed by atoms with Crippen LogP contribution in [0.25, 0.3) is 10.9 Å². The molecule has 2 heterocycles. The minimum Gasteiger partial charge on any atom is -0.508 e. The Morgan fingerprint density at radius 3 is 1.89 bits per heavy atom. The van der Waals surface area contributed by atoms with Crippen molar-refractivity contribution in [3.8, 4) is 5.75 Å². The quantitative estimate of drug-likeness (QED) is 0.0341. The maximum absolute atomic E-state index is 15.1. The molecule has 25 heteroatoms. The Morgan fingerprint density at radius 1 is 0.741 bits per heavy atom. The lowest BCUT2D eigenvalue weighted by molar-refractivity contribution is -0.384. The van der Waals surface area contributed by atoms with Crippen LogP contribution in [0.5, 0.6) is 5.75 Å². The molecule has 14 N–H and O–H groups in total. The number of aliphatic carboxylic acids is 1. The molecule has 0 radical (unpaired) electrons. The summed E-state index contributed by atoms with van der Waals surface area (Å²) in [6.07, 6.45) is 1.32. The van der Waals surface area contributed by atoms with E-state index in [0.29, 0.717) is 22.3 Å². The Balaban J connectivity index is 1.46. The molecule has 1 aromatic heterocycles. The number of phenols is 1. The Kier molecular flexibility index (Phi) is 22.2. The van der Waals surface area contributed by atoms with Gasteiger partial charge in [-0.15, -0.1) is 0 Å². The summed E-state index contributed by atoms with van der Waals surface area (Å²) < 4.78 is -1.38. The number of carbonyl (C=O) groups excluding carboxylic acids is 7. The topological polar surface area (TPSA) is 372 Å². The Morgan fingerprint density at radius 2 is 1.28 bits per heavy atom. The zero-order valence-electron chi connectivity index (χ0n) is 45.1. The molecule has 432 valence electrons. The molecule has 1 aliphatic heterocycles. The van der Waals surface area contributed by atoms with E-state index in [1.165, 1.54) is 48.5 Å². The van der Waals surface area contributed by atoms with Crippen LogP contribution in [0.15, 0.2) is 109 Å². The lowest BCUT2D eigenvalue weighted by Crippen LogP contribution is -2.63. The van der Waals surface area contributed by atoms with Crippen LogP contribution < -0.4 is 48.7 Å². The van der Waals surface area contributed by atoms with Gasteiger partial charge >= 0.3 is 5.97 Å². The summed E-state index contributed by atoms with van der Waals surface area (Å²) in [5.74, 6) is -8.26. The summed E-state index contributed by atoms with van der Waals surface area (Å²) in [4.78, 5) is 129. The molecule has 1 aliphatic rings. The van der Waals surface area contributed by atoms with E-state index in [0.717, 1.165) is 32.5 Å². The number of rotatable bonds is 18. The maximum Gasteiger partial charge on any atom is 0.326 e. The van der Waals surface area contributed by atoms with Crippen molar-refractivity contribution in [2.24, 2.45) is 17.4 Å². The van der Waals surface area contributed by atoms with Crippen LogP contribution in [0.3, 0.4) is 0 Å². The number of para-hydroxylation sites is 1. The first kappa shape index (κ1) is 62.2. The van der Waals surface area contributed by atoms with E-state index in [4.69, 9.17) is 11.5 Å². The molecule has 0 bridgehead atoms. The van der Waals surface area contributed by atoms with E-state index < -0.39 is 111 Å². The van der Waals surface area contributed by atoms with Gasteiger partial charge in [0.2, 0.25) is 41.4 Å². The van der Waals surface area contributed by atoms with Crippen LogP contribution in [0.2, 0.25) is 0 Å². The predicted octanol–water partition coefficient (Wildman–Crippen LogP) is 2.43. The predicted molar refractivity (Wildman–Crippen MR) is 307 cm³/mol. The van der Waals surface area contributed by atoms with Crippen molar-refractivity contribution >= 4 is 85.5 Å². The third kappa shape index (κ3) is 17.7. The van der Waals surface area contributed by atoms with Crippen molar-refractivity contribution in [3.63, 3.8) is 0 Å². The molecule has 4 aromatic carbocycles. The zero-order chi connectivity index (χ0) is 59.0. The fourth-order valence-corrected chi connectivity index (χ4v) is 11.8. The first-order valence-corrected chi connectivity index (χ1v) is 28.6. The fraction of sp³-hybridized carbons (Fsp3) is 0.393. The van der Waals surface area contributed by atoms with E-state index in [-0.39, 0.29) is 62.3 Å². The maximum atomic E-state index is 15.1. The number of nitrogens with one attached hydrogen (secondary N) is 8. The van der Waals surface area contributed by atoms with Gasteiger partial charge in [-0.1, -0.05) is 108 Å². The normalized spacial score (nSPS) is 21.2. The number of nitro benzene ring substituents is 1. The molecular weight excluding hydrogens is 1080 g/mol. The average molecular weight is 1150 g/mol. The van der Waals surface area contributed by atoms with Gasteiger partial charge in [0.1, 0.15) is 48.0 Å². The first-order valence-electron chi connectivity index (χ1n) is 26.2. The number of amides is 7. The monoisotopic (exact) mass is 1150 g/mol. The number of H-pyrrole nitrogens is 1. The number of hydrogen-bond acceptors (Lipinski definition) is 15. The largest absolute Gasteiger partial charge is 0.508 e. The van der Waals surface area contributed by atoms with E-state index in [9.17, 15) is 49.1 Å². The second-order valence-electron chi connectivity index (χ2n) is 20.6. The fourth-order valence-electron chi connectivity index (χ4n) is 8.96. The van der Waals surface area contributed by atoms with Crippen LogP contribution in [0.1, 0.15) is 62.8 Å². The van der Waals surface area contributed by atoms with E-state index >= 15 is 9.59 Å². The molecule has 1 fully saturated rings. The van der Waals surface area contributed by atoms with E-state index in [2.05, 4.69) is 42.2 Å². The minimum atomic E-state index is -1.53. The number of carbonyl (C=O) groups is 8. The molecule has 5 aromatic rings. The summed E-state index contributed by atoms with van der Waals surface area (Å²) >= 11 is 0. The molecule has 7 amide bonds. The van der Waals surface area contributed by atoms with Gasteiger partial charge in [-0.05, 0) is 86.0 Å². The Hall–Kier alpha value is -8.00. The van der Waals surface area contributed by atoms with Crippen LogP contribution in [-0.4, -0.2) is 133 Å². The van der Waals surface area contributed by atoms with Crippen molar-refractivity contribution in [1.82, 2.24) is 42.2 Å². The van der Waals surface area contributed by atoms with Crippen molar-refractivity contribution in [2.75, 3.05) is 12.3 Å². The highest BCUT2D eigenvalue weighted by Gasteiger charge is 2.42. The number of nitrogens with two attached hydrogens (primary N) is 2. The lowest BCUT2D eigenvalue weighted by Gasteiger charge is -2.35. The molecular formula is C56H69N11O12S2.